The molecule has 0 heterocycles. The second kappa shape index (κ2) is 8.29. The molecule has 1 unspecified atom stereocenters. The first-order chi connectivity index (χ1) is 12.3. The van der Waals surface area contributed by atoms with Gasteiger partial charge in [-0.05, 0) is 31.5 Å². The number of benzene rings is 2. The fourth-order valence-electron chi connectivity index (χ4n) is 2.40. The summed E-state index contributed by atoms with van der Waals surface area (Å²) in [6.07, 6.45) is 0. The summed E-state index contributed by atoms with van der Waals surface area (Å²) < 4.78 is 0. The fraction of sp³-hybridized carbons (Fsp3) is 0.250. The number of aryl methyl sites for hydroxylation is 1. The van der Waals surface area contributed by atoms with Gasteiger partial charge in [-0.3, -0.25) is 14.4 Å². The third-order valence-electron chi connectivity index (χ3n) is 3.94. The van der Waals surface area contributed by atoms with Gasteiger partial charge < -0.3 is 15.5 Å². The zero-order valence-electron chi connectivity index (χ0n) is 15.4. The minimum Gasteiger partial charge on any atom is -0.345 e. The minimum absolute atomic E-state index is 0.255. The van der Waals surface area contributed by atoms with Gasteiger partial charge in [0.15, 0.2) is 0 Å². The first kappa shape index (κ1) is 19.2. The van der Waals surface area contributed by atoms with Crippen LogP contribution in [0, 0.1) is 6.92 Å². The van der Waals surface area contributed by atoms with E-state index in [0.717, 1.165) is 11.1 Å². The molecule has 0 bridgehead atoms. The highest BCUT2D eigenvalue weighted by Gasteiger charge is 2.20. The summed E-state index contributed by atoms with van der Waals surface area (Å²) >= 11 is 0. The first-order valence-electron chi connectivity index (χ1n) is 8.28. The number of anilines is 1. The van der Waals surface area contributed by atoms with E-state index < -0.39 is 11.8 Å². The molecule has 0 aromatic heterocycles. The van der Waals surface area contributed by atoms with E-state index in [2.05, 4.69) is 10.6 Å². The third-order valence-corrected chi connectivity index (χ3v) is 3.94. The fourth-order valence-corrected chi connectivity index (χ4v) is 2.40. The molecule has 2 rings (SSSR count). The van der Waals surface area contributed by atoms with Crippen LogP contribution in [-0.4, -0.2) is 36.7 Å². The summed E-state index contributed by atoms with van der Waals surface area (Å²) in [5.41, 5.74) is 2.65. The minimum atomic E-state index is -0.817. The van der Waals surface area contributed by atoms with Crippen LogP contribution < -0.4 is 10.6 Å². The van der Waals surface area contributed by atoms with E-state index in [1.165, 1.54) is 4.90 Å². The number of nitrogens with zero attached hydrogens (tertiary/aromatic N) is 1. The molecule has 6 nitrogen and oxygen atoms in total. The Bertz CT molecular complexity index is 813. The molecular formula is C20H23N3O3. The molecule has 0 spiro atoms. The SMILES string of the molecule is Cc1ccc(C(C)NC(=O)C(=O)Nc2ccccc2C(=O)N(C)C)cc1. The Morgan fingerprint density at radius 1 is 0.923 bits per heavy atom. The molecule has 2 N–H and O–H groups in total. The van der Waals surface area contributed by atoms with Gasteiger partial charge in [-0.15, -0.1) is 0 Å². The number of hydrogen-bond donors (Lipinski definition) is 2. The maximum absolute atomic E-state index is 12.2. The maximum Gasteiger partial charge on any atom is 0.313 e. The van der Waals surface area contributed by atoms with Crippen LogP contribution >= 0.6 is 0 Å². The van der Waals surface area contributed by atoms with Crippen LogP contribution in [0.25, 0.3) is 0 Å². The lowest BCUT2D eigenvalue weighted by Crippen LogP contribution is -2.37. The van der Waals surface area contributed by atoms with E-state index in [4.69, 9.17) is 0 Å². The van der Waals surface area contributed by atoms with Gasteiger partial charge in [0.2, 0.25) is 0 Å². The summed E-state index contributed by atoms with van der Waals surface area (Å²) in [5.74, 6) is -1.83. The number of carbonyl (C=O) groups is 3. The Kier molecular flexibility index (Phi) is 6.11. The summed E-state index contributed by atoms with van der Waals surface area (Å²) in [4.78, 5) is 38.0. The molecule has 6 heteroatoms. The highest BCUT2D eigenvalue weighted by Crippen LogP contribution is 2.17. The Balaban J connectivity index is 2.07. The normalized spacial score (nSPS) is 11.4. The van der Waals surface area contributed by atoms with E-state index in [0.29, 0.717) is 11.3 Å². The highest BCUT2D eigenvalue weighted by atomic mass is 16.2. The van der Waals surface area contributed by atoms with Crippen LogP contribution in [0.2, 0.25) is 0 Å². The quantitative estimate of drug-likeness (QED) is 0.829. The predicted molar refractivity (Wildman–Crippen MR) is 101 cm³/mol. The molecule has 0 aliphatic heterocycles. The lowest BCUT2D eigenvalue weighted by Gasteiger charge is -2.16. The van der Waals surface area contributed by atoms with Gasteiger partial charge in [-0.25, -0.2) is 0 Å². The van der Waals surface area contributed by atoms with E-state index in [1.54, 1.807) is 45.3 Å². The van der Waals surface area contributed by atoms with Gasteiger partial charge in [0.25, 0.3) is 5.91 Å². The van der Waals surface area contributed by atoms with Crippen LogP contribution in [0.15, 0.2) is 48.5 Å². The standard InChI is InChI=1S/C20H23N3O3/c1-13-9-11-15(12-10-13)14(2)21-18(24)19(25)22-17-8-6-5-7-16(17)20(26)23(3)4/h5-12,14H,1-4H3,(H,21,24)(H,22,25). The molecule has 2 aromatic rings. The number of hydrogen-bond acceptors (Lipinski definition) is 3. The van der Waals surface area contributed by atoms with Crippen LogP contribution in [0.4, 0.5) is 5.69 Å². The van der Waals surface area contributed by atoms with Crippen molar-refractivity contribution in [3.05, 3.63) is 65.2 Å². The Morgan fingerprint density at radius 2 is 1.54 bits per heavy atom. The molecule has 0 aliphatic carbocycles. The zero-order chi connectivity index (χ0) is 19.3. The van der Waals surface area contributed by atoms with E-state index >= 15 is 0 Å². The smallest absolute Gasteiger partial charge is 0.313 e. The number of carbonyl (C=O) groups excluding carboxylic acids is 3. The summed E-state index contributed by atoms with van der Waals surface area (Å²) in [7, 11) is 3.24. The monoisotopic (exact) mass is 353 g/mol. The second-order valence-corrected chi connectivity index (χ2v) is 6.31. The van der Waals surface area contributed by atoms with Crippen molar-refractivity contribution in [2.24, 2.45) is 0 Å². The first-order valence-corrected chi connectivity index (χ1v) is 8.28. The topological polar surface area (TPSA) is 78.5 Å². The molecule has 0 saturated heterocycles. The Hall–Kier alpha value is -3.15. The highest BCUT2D eigenvalue weighted by molar-refractivity contribution is 6.40. The van der Waals surface area contributed by atoms with Gasteiger partial charge in [0.05, 0.1) is 17.3 Å². The third kappa shape index (κ3) is 4.69. The van der Waals surface area contributed by atoms with E-state index in [1.807, 2.05) is 31.2 Å². The van der Waals surface area contributed by atoms with Crippen molar-refractivity contribution in [2.45, 2.75) is 19.9 Å². The lowest BCUT2D eigenvalue weighted by atomic mass is 10.1. The number of para-hydroxylation sites is 1. The molecule has 0 saturated carbocycles. The van der Waals surface area contributed by atoms with Gasteiger partial charge in [0, 0.05) is 14.1 Å². The molecule has 136 valence electrons. The summed E-state index contributed by atoms with van der Waals surface area (Å²) in [6, 6.07) is 14.0. The van der Waals surface area contributed by atoms with Crippen LogP contribution in [0.3, 0.4) is 0 Å². The van der Waals surface area contributed by atoms with Crippen molar-refractivity contribution in [1.29, 1.82) is 0 Å². The van der Waals surface area contributed by atoms with Gasteiger partial charge >= 0.3 is 11.8 Å². The maximum atomic E-state index is 12.2. The van der Waals surface area contributed by atoms with E-state index in [9.17, 15) is 14.4 Å². The predicted octanol–water partition coefficient (Wildman–Crippen LogP) is 2.51. The van der Waals surface area contributed by atoms with Crippen LogP contribution in [0.5, 0.6) is 0 Å². The largest absolute Gasteiger partial charge is 0.345 e. The Morgan fingerprint density at radius 3 is 2.15 bits per heavy atom. The van der Waals surface area contributed by atoms with Crippen molar-refractivity contribution in [2.75, 3.05) is 19.4 Å². The summed E-state index contributed by atoms with van der Waals surface area (Å²) in [6.45, 7) is 3.78. The number of amides is 3. The van der Waals surface area contributed by atoms with E-state index in [-0.39, 0.29) is 11.9 Å². The molecule has 0 aliphatic rings. The van der Waals surface area contributed by atoms with Crippen molar-refractivity contribution in [3.8, 4) is 0 Å². The molecular weight excluding hydrogens is 330 g/mol. The average molecular weight is 353 g/mol. The Labute approximate surface area is 153 Å². The molecule has 0 radical (unpaired) electrons. The second-order valence-electron chi connectivity index (χ2n) is 6.31. The summed E-state index contributed by atoms with van der Waals surface area (Å²) in [5, 5.41) is 5.17. The van der Waals surface area contributed by atoms with Crippen LogP contribution in [0.1, 0.15) is 34.5 Å². The van der Waals surface area contributed by atoms with Crippen molar-refractivity contribution < 1.29 is 14.4 Å². The van der Waals surface area contributed by atoms with Gasteiger partial charge in [-0.2, -0.15) is 0 Å². The van der Waals surface area contributed by atoms with Crippen molar-refractivity contribution >= 4 is 23.4 Å². The molecule has 0 fully saturated rings. The number of rotatable bonds is 4. The molecule has 3 amide bonds. The van der Waals surface area contributed by atoms with Gasteiger partial charge in [-0.1, -0.05) is 42.0 Å². The molecule has 2 aromatic carbocycles. The van der Waals surface area contributed by atoms with Crippen LogP contribution in [-0.2, 0) is 9.59 Å². The number of nitrogens with one attached hydrogen (secondary N) is 2. The lowest BCUT2D eigenvalue weighted by molar-refractivity contribution is -0.136. The van der Waals surface area contributed by atoms with Crippen molar-refractivity contribution in [1.82, 2.24) is 10.2 Å². The van der Waals surface area contributed by atoms with Gasteiger partial charge in [0.1, 0.15) is 0 Å². The molecule has 1 atom stereocenters. The zero-order valence-corrected chi connectivity index (χ0v) is 15.4. The molecule has 26 heavy (non-hydrogen) atoms. The van der Waals surface area contributed by atoms with Crippen molar-refractivity contribution in [3.63, 3.8) is 0 Å². The average Bonchev–Trinajstić information content (AvgIpc) is 2.61.